The topological polar surface area (TPSA) is 0 Å². The summed E-state index contributed by atoms with van der Waals surface area (Å²) in [5.74, 6) is 0. The zero-order chi connectivity index (χ0) is 12.0. The van der Waals surface area contributed by atoms with E-state index in [2.05, 4.69) is 75.4 Å². The van der Waals surface area contributed by atoms with Gasteiger partial charge in [-0.3, -0.25) is 0 Å². The van der Waals surface area contributed by atoms with Crippen LogP contribution in [0.1, 0.15) is 0 Å². The first-order valence-corrected chi connectivity index (χ1v) is 17.0. The van der Waals surface area contributed by atoms with Gasteiger partial charge >= 0.3 is 103 Å². The van der Waals surface area contributed by atoms with Crippen molar-refractivity contribution in [3.63, 3.8) is 0 Å². The van der Waals surface area contributed by atoms with Crippen molar-refractivity contribution in [2.45, 2.75) is 62.0 Å². The molecule has 0 atom stereocenters. The summed E-state index contributed by atoms with van der Waals surface area (Å²) in [5.41, 5.74) is 0. The molecule has 0 aromatic carbocycles. The number of rotatable bonds is 3. The predicted octanol–water partition coefficient (Wildman–Crippen LogP) is 3.95. The summed E-state index contributed by atoms with van der Waals surface area (Å²) in [5, 5.41) is 0. The Labute approximate surface area is 103 Å². The molecule has 83 valence electrons. The van der Waals surface area contributed by atoms with E-state index >= 15 is 0 Å². The molecular formula is C10H27GeSi3. The Kier molecular flexibility index (Phi) is 4.22. The summed E-state index contributed by atoms with van der Waals surface area (Å²) in [4.78, 5) is 0. The van der Waals surface area contributed by atoms with Crippen LogP contribution in [-0.4, -0.2) is 40.7 Å². The molecule has 0 aliphatic heterocycles. The van der Waals surface area contributed by atoms with E-state index < -0.39 is 24.2 Å². The minimum atomic E-state index is -1.06. The van der Waals surface area contributed by atoms with Crippen LogP contribution in [0.3, 0.4) is 0 Å². The molecule has 0 spiro atoms. The van der Waals surface area contributed by atoms with Crippen molar-refractivity contribution in [1.29, 1.82) is 0 Å². The molecule has 14 heavy (non-hydrogen) atoms. The number of hydrogen-bond donors (Lipinski definition) is 0. The van der Waals surface area contributed by atoms with Crippen molar-refractivity contribution in [3.05, 3.63) is 0 Å². The van der Waals surface area contributed by atoms with Gasteiger partial charge < -0.3 is 0 Å². The molecule has 0 N–H and O–H groups in total. The van der Waals surface area contributed by atoms with Crippen LogP contribution in [-0.2, 0) is 0 Å². The van der Waals surface area contributed by atoms with E-state index in [-0.39, 0.29) is 0 Å². The van der Waals surface area contributed by atoms with Crippen LogP contribution >= 0.6 is 0 Å². The van der Waals surface area contributed by atoms with E-state index in [4.69, 9.17) is 0 Å². The van der Waals surface area contributed by atoms with Crippen molar-refractivity contribution in [2.24, 2.45) is 0 Å². The second-order valence-corrected chi connectivity index (χ2v) is 29.5. The van der Waals surface area contributed by atoms with Crippen molar-refractivity contribution in [1.82, 2.24) is 0 Å². The van der Waals surface area contributed by atoms with Gasteiger partial charge in [-0.05, 0) is 0 Å². The molecule has 0 rings (SSSR count). The summed E-state index contributed by atoms with van der Waals surface area (Å²) in [6, 6.07) is 0. The van der Waals surface area contributed by atoms with E-state index in [9.17, 15) is 0 Å². The molecule has 0 saturated carbocycles. The van der Waals surface area contributed by atoms with Crippen LogP contribution in [0, 0.1) is 0 Å². The first-order valence-electron chi connectivity index (χ1n) is 5.50. The van der Waals surface area contributed by atoms with Crippen LogP contribution in [0.15, 0.2) is 0 Å². The molecule has 0 amide bonds. The number of hydrogen-bond acceptors (Lipinski definition) is 0. The average molecular weight is 304 g/mol. The predicted molar refractivity (Wildman–Crippen MR) is 78.5 cm³/mol. The zero-order valence-corrected chi connectivity index (χ0v) is 16.6. The van der Waals surface area contributed by atoms with Crippen molar-refractivity contribution >= 4 is 40.7 Å². The van der Waals surface area contributed by atoms with Crippen molar-refractivity contribution in [3.8, 4) is 0 Å². The average Bonchev–Trinajstić information content (AvgIpc) is 1.77. The van der Waals surface area contributed by atoms with Gasteiger partial charge in [0.05, 0.1) is 0 Å². The fraction of sp³-hybridized carbons (Fsp3) is 1.00. The van der Waals surface area contributed by atoms with Gasteiger partial charge in [0.15, 0.2) is 0 Å². The third kappa shape index (κ3) is 2.47. The summed E-state index contributed by atoms with van der Waals surface area (Å²) in [7, 11) is -3.17. The SMILES string of the molecule is C[Si](C)(C)[C]([Ge])([Si](C)(C)C)[Si](C)(C)C. The van der Waals surface area contributed by atoms with Crippen LogP contribution in [0.5, 0.6) is 0 Å². The van der Waals surface area contributed by atoms with Gasteiger partial charge in [0, 0.05) is 0 Å². The zero-order valence-electron chi connectivity index (χ0n) is 11.5. The quantitative estimate of drug-likeness (QED) is 0.693. The fourth-order valence-corrected chi connectivity index (χ4v) is 30.4. The first-order chi connectivity index (χ1) is 5.75. The monoisotopic (exact) mass is 305 g/mol. The molecule has 0 heterocycles. The molecule has 0 aliphatic carbocycles. The standard InChI is InChI=1S/C10H27GeSi3/c1-12(2,3)10(11,13(4,5)6)14(7,8)9/h1-9H3. The maximum absolute atomic E-state index is 2.62. The molecule has 0 aliphatic rings. The van der Waals surface area contributed by atoms with Gasteiger partial charge in [0.2, 0.25) is 0 Å². The molecule has 0 unspecified atom stereocenters. The third-order valence-corrected chi connectivity index (χ3v) is 37.8. The Hall–Kier alpha value is 1.19. The molecule has 0 fully saturated rings. The van der Waals surface area contributed by atoms with Crippen LogP contribution in [0.4, 0.5) is 0 Å². The Bertz CT molecular complexity index is 169. The van der Waals surface area contributed by atoms with E-state index in [0.29, 0.717) is 0 Å². The van der Waals surface area contributed by atoms with Gasteiger partial charge in [-0.15, -0.1) is 0 Å². The second kappa shape index (κ2) is 3.89. The van der Waals surface area contributed by atoms with E-state index in [1.165, 1.54) is 0 Å². The van der Waals surface area contributed by atoms with Gasteiger partial charge in [0.1, 0.15) is 0 Å². The molecular weight excluding hydrogens is 277 g/mol. The van der Waals surface area contributed by atoms with Gasteiger partial charge in [-0.25, -0.2) is 0 Å². The molecule has 0 aromatic rings. The summed E-state index contributed by atoms with van der Waals surface area (Å²) < 4.78 is 0.729. The Balaban J connectivity index is 5.54. The van der Waals surface area contributed by atoms with Crippen molar-refractivity contribution in [2.75, 3.05) is 0 Å². The molecule has 0 saturated heterocycles. The van der Waals surface area contributed by atoms with Gasteiger partial charge in [0.25, 0.3) is 0 Å². The summed E-state index contributed by atoms with van der Waals surface area (Å²) in [6.45, 7) is 23.2. The van der Waals surface area contributed by atoms with E-state index in [1.54, 1.807) is 0 Å². The second-order valence-electron chi connectivity index (χ2n) is 7.50. The normalized spacial score (nSPS) is 15.9. The first kappa shape index (κ1) is 15.2. The molecule has 4 heteroatoms. The van der Waals surface area contributed by atoms with Crippen molar-refractivity contribution < 1.29 is 0 Å². The molecule has 3 radical (unpaired) electrons. The summed E-state index contributed by atoms with van der Waals surface area (Å²) >= 11 is 2.62. The minimum absolute atomic E-state index is 0.729. The maximum atomic E-state index is 2.62. The molecule has 0 bridgehead atoms. The van der Waals surface area contributed by atoms with Gasteiger partial charge in [-0.2, -0.15) is 0 Å². The van der Waals surface area contributed by atoms with E-state index in [1.807, 2.05) is 0 Å². The third-order valence-electron chi connectivity index (χ3n) is 3.38. The Morgan fingerprint density at radius 3 is 0.714 bits per heavy atom. The van der Waals surface area contributed by atoms with Gasteiger partial charge in [-0.1, -0.05) is 0 Å². The Morgan fingerprint density at radius 2 is 0.714 bits per heavy atom. The summed E-state index contributed by atoms with van der Waals surface area (Å²) in [6.07, 6.45) is 0. The Morgan fingerprint density at radius 1 is 0.571 bits per heavy atom. The molecule has 0 aromatic heterocycles. The molecule has 0 nitrogen and oxygen atoms in total. The van der Waals surface area contributed by atoms with E-state index in [0.717, 1.165) is 3.12 Å². The fourth-order valence-electron chi connectivity index (χ4n) is 3.38. The van der Waals surface area contributed by atoms with Crippen LogP contribution in [0.25, 0.3) is 0 Å². The van der Waals surface area contributed by atoms with Crippen LogP contribution in [0.2, 0.25) is 62.0 Å². The van der Waals surface area contributed by atoms with Crippen LogP contribution < -0.4 is 0 Å².